The Labute approximate surface area is 272 Å². The molecule has 1 aliphatic rings. The molecule has 3 unspecified atom stereocenters. The summed E-state index contributed by atoms with van der Waals surface area (Å²) < 4.78 is 6.15. The van der Waals surface area contributed by atoms with Crippen LogP contribution in [0.3, 0.4) is 0 Å². The van der Waals surface area contributed by atoms with Crippen molar-refractivity contribution in [1.29, 1.82) is 0 Å². The Kier molecular flexibility index (Phi) is 6.85. The Bertz CT molecular complexity index is 2330. The van der Waals surface area contributed by atoms with Gasteiger partial charge in [0.2, 0.25) is 5.71 Å². The fourth-order valence-corrected chi connectivity index (χ4v) is 7.10. The van der Waals surface area contributed by atoms with E-state index in [1.807, 2.05) is 30.6 Å². The molecule has 3 N–H and O–H groups in total. The first kappa shape index (κ1) is 27.7. The molecule has 0 saturated carbocycles. The average molecular weight is 610 g/mol. The van der Waals surface area contributed by atoms with Crippen LogP contribution in [-0.4, -0.2) is 9.97 Å². The third kappa shape index (κ3) is 5.26. The molecule has 5 heteroatoms. The molecule has 0 spiro atoms. The molecule has 0 amide bonds. The summed E-state index contributed by atoms with van der Waals surface area (Å²) in [5.74, 6) is 0. The van der Waals surface area contributed by atoms with E-state index in [4.69, 9.17) is 9.40 Å². The molecule has 0 bridgehead atoms. The molecular weight excluding hydrogens is 576 g/mol. The molecule has 0 radical (unpaired) electrons. The van der Waals surface area contributed by atoms with E-state index < -0.39 is 0 Å². The van der Waals surface area contributed by atoms with Crippen LogP contribution in [-0.2, 0) is 0 Å². The first-order valence-corrected chi connectivity index (χ1v) is 16.2. The molecule has 3 atom stereocenters. The van der Waals surface area contributed by atoms with Crippen LogP contribution in [0.25, 0.3) is 55.2 Å². The Balaban J connectivity index is 1.02. The van der Waals surface area contributed by atoms with Crippen molar-refractivity contribution in [1.82, 2.24) is 15.3 Å². The van der Waals surface area contributed by atoms with Crippen molar-refractivity contribution in [3.8, 4) is 22.3 Å². The predicted molar refractivity (Wildman–Crippen MR) is 188 cm³/mol. The van der Waals surface area contributed by atoms with Crippen LogP contribution in [0.2, 0.25) is 0 Å². The second kappa shape index (κ2) is 11.6. The van der Waals surface area contributed by atoms with Crippen LogP contribution in [0.15, 0.2) is 156 Å². The highest BCUT2D eigenvalue weighted by Crippen LogP contribution is 2.35. The lowest BCUT2D eigenvalue weighted by molar-refractivity contribution is -0.750. The molecule has 0 aliphatic carbocycles. The highest BCUT2D eigenvalue weighted by Gasteiger charge is 2.33. The number of para-hydroxylation sites is 1. The minimum Gasteiger partial charge on any atom is -0.438 e. The molecular formula is C42H33N4O+. The molecule has 5 aromatic carbocycles. The second-order valence-electron chi connectivity index (χ2n) is 12.5. The van der Waals surface area contributed by atoms with E-state index in [1.165, 1.54) is 33.4 Å². The van der Waals surface area contributed by atoms with Gasteiger partial charge in [0.25, 0.3) is 0 Å². The average Bonchev–Trinajstić information content (AvgIpc) is 3.51. The van der Waals surface area contributed by atoms with Gasteiger partial charge in [0.05, 0.1) is 5.52 Å². The molecule has 1 aliphatic heterocycles. The van der Waals surface area contributed by atoms with E-state index >= 15 is 0 Å². The number of pyridine rings is 2. The van der Waals surface area contributed by atoms with Crippen molar-refractivity contribution in [2.75, 3.05) is 0 Å². The van der Waals surface area contributed by atoms with Crippen LogP contribution >= 0.6 is 0 Å². The summed E-state index contributed by atoms with van der Waals surface area (Å²) in [6.07, 6.45) is 4.88. The fourth-order valence-electron chi connectivity index (χ4n) is 7.10. The summed E-state index contributed by atoms with van der Waals surface area (Å²) >= 11 is 0. The van der Waals surface area contributed by atoms with Gasteiger partial charge in [-0.2, -0.15) is 0 Å². The third-order valence-corrected chi connectivity index (χ3v) is 9.60. The number of nitrogens with two attached hydrogens (primary N) is 1. The number of nitrogens with zero attached hydrogens (tertiary/aromatic N) is 2. The van der Waals surface area contributed by atoms with Gasteiger partial charge in [-0.3, -0.25) is 10.3 Å². The van der Waals surface area contributed by atoms with Gasteiger partial charge in [-0.1, -0.05) is 109 Å². The molecule has 4 heterocycles. The monoisotopic (exact) mass is 609 g/mol. The van der Waals surface area contributed by atoms with E-state index in [0.29, 0.717) is 11.8 Å². The van der Waals surface area contributed by atoms with E-state index in [0.717, 1.165) is 39.2 Å². The van der Waals surface area contributed by atoms with Gasteiger partial charge in [0, 0.05) is 52.1 Å². The van der Waals surface area contributed by atoms with E-state index in [9.17, 15) is 0 Å². The maximum absolute atomic E-state index is 6.15. The van der Waals surface area contributed by atoms with Crippen LogP contribution in [0.4, 0.5) is 0 Å². The molecule has 3 aromatic heterocycles. The van der Waals surface area contributed by atoms with Gasteiger partial charge in [-0.25, -0.2) is 4.98 Å². The van der Waals surface area contributed by atoms with Crippen molar-refractivity contribution in [3.05, 3.63) is 169 Å². The zero-order valence-electron chi connectivity index (χ0n) is 25.8. The first-order valence-electron chi connectivity index (χ1n) is 16.2. The Morgan fingerprint density at radius 1 is 0.617 bits per heavy atom. The SMILES string of the molecule is c1ccc(C2NC(c3ccc(-c4cccnc4)cc3)CC(c3ccc(-c4ccc5oc6nc7ccccc7cc6c5c4)cc3)[NH2+]2)cc1. The van der Waals surface area contributed by atoms with E-state index in [1.54, 1.807) is 0 Å². The second-order valence-corrected chi connectivity index (χ2v) is 12.5. The number of rotatable bonds is 5. The van der Waals surface area contributed by atoms with Gasteiger partial charge in [-0.15, -0.1) is 0 Å². The van der Waals surface area contributed by atoms with Gasteiger partial charge < -0.3 is 9.73 Å². The number of aromatic nitrogens is 2. The molecule has 226 valence electrons. The standard InChI is InChI=1S/C42H32N4O/c1-2-7-31(8-3-1)41-44-38(25-39(45-41)30-18-14-28(15-19-30)34-10-6-22-43-26-34)29-16-12-27(13-17-29)32-20-21-40-35(23-32)36-24-33-9-4-5-11-37(33)46-42(36)47-40/h1-24,26,38-39,41,44-45H,25H2/p+1. The topological polar surface area (TPSA) is 67.6 Å². The van der Waals surface area contributed by atoms with Crippen molar-refractivity contribution >= 4 is 33.0 Å². The predicted octanol–water partition coefficient (Wildman–Crippen LogP) is 8.90. The molecule has 47 heavy (non-hydrogen) atoms. The lowest BCUT2D eigenvalue weighted by Gasteiger charge is -2.35. The van der Waals surface area contributed by atoms with Gasteiger partial charge in [0.15, 0.2) is 6.17 Å². The van der Waals surface area contributed by atoms with Gasteiger partial charge in [0.1, 0.15) is 11.6 Å². The van der Waals surface area contributed by atoms with Crippen LogP contribution < -0.4 is 10.6 Å². The zero-order chi connectivity index (χ0) is 31.2. The van der Waals surface area contributed by atoms with E-state index in [2.05, 4.69) is 137 Å². The van der Waals surface area contributed by atoms with Gasteiger partial charge in [-0.05, 0) is 58.1 Å². The molecule has 1 saturated heterocycles. The lowest BCUT2D eigenvalue weighted by Crippen LogP contribution is -2.91. The maximum atomic E-state index is 6.15. The Hall–Kier alpha value is -5.62. The van der Waals surface area contributed by atoms with Crippen LogP contribution in [0.1, 0.15) is 41.4 Å². The van der Waals surface area contributed by atoms with E-state index in [-0.39, 0.29) is 12.2 Å². The van der Waals surface area contributed by atoms with Gasteiger partial charge >= 0.3 is 0 Å². The molecule has 1 fully saturated rings. The van der Waals surface area contributed by atoms with Crippen molar-refractivity contribution in [3.63, 3.8) is 0 Å². The quantitative estimate of drug-likeness (QED) is 0.205. The largest absolute Gasteiger partial charge is 0.438 e. The van der Waals surface area contributed by atoms with Crippen molar-refractivity contribution in [2.45, 2.75) is 24.7 Å². The highest BCUT2D eigenvalue weighted by atomic mass is 16.3. The summed E-state index contributed by atoms with van der Waals surface area (Å²) in [6, 6.07) is 50.3. The fraction of sp³-hybridized carbons (Fsp3) is 0.0952. The number of hydrogen-bond donors (Lipinski definition) is 2. The Morgan fingerprint density at radius 3 is 2.17 bits per heavy atom. The van der Waals surface area contributed by atoms with Crippen molar-refractivity contribution < 1.29 is 9.73 Å². The minimum atomic E-state index is 0.152. The number of fused-ring (bicyclic) bond motifs is 4. The Morgan fingerprint density at radius 2 is 1.36 bits per heavy atom. The highest BCUT2D eigenvalue weighted by molar-refractivity contribution is 6.08. The minimum absolute atomic E-state index is 0.152. The summed E-state index contributed by atoms with van der Waals surface area (Å²) in [5.41, 5.74) is 11.1. The molecule has 5 nitrogen and oxygen atoms in total. The number of benzene rings is 5. The summed E-state index contributed by atoms with van der Waals surface area (Å²) in [5, 5.41) is 9.68. The lowest BCUT2D eigenvalue weighted by atomic mass is 9.89. The smallest absolute Gasteiger partial charge is 0.227 e. The summed E-state index contributed by atoms with van der Waals surface area (Å²) in [4.78, 5) is 9.07. The number of quaternary nitrogens is 1. The van der Waals surface area contributed by atoms with Crippen LogP contribution in [0.5, 0.6) is 0 Å². The third-order valence-electron chi connectivity index (χ3n) is 9.60. The number of nitrogens with one attached hydrogen (secondary N) is 1. The number of hydrogen-bond acceptors (Lipinski definition) is 4. The molecule has 9 rings (SSSR count). The van der Waals surface area contributed by atoms with Crippen molar-refractivity contribution in [2.24, 2.45) is 0 Å². The normalized spacial score (nSPS) is 18.2. The summed E-state index contributed by atoms with van der Waals surface area (Å²) in [6.45, 7) is 0. The first-order chi connectivity index (χ1) is 23.2. The zero-order valence-corrected chi connectivity index (χ0v) is 25.8. The summed E-state index contributed by atoms with van der Waals surface area (Å²) in [7, 11) is 0. The number of furan rings is 1. The van der Waals surface area contributed by atoms with Crippen LogP contribution in [0, 0.1) is 0 Å². The molecule has 8 aromatic rings. The maximum Gasteiger partial charge on any atom is 0.227 e.